The second kappa shape index (κ2) is 4.01. The summed E-state index contributed by atoms with van der Waals surface area (Å²) in [6.45, 7) is 5.68. The molecule has 0 aliphatic heterocycles. The van der Waals surface area contributed by atoms with Crippen molar-refractivity contribution in [2.45, 2.75) is 39.2 Å². The fourth-order valence-electron chi connectivity index (χ4n) is 1.67. The fraction of sp³-hybridized carbons (Fsp3) is 0.500. The summed E-state index contributed by atoms with van der Waals surface area (Å²) in [7, 11) is 0. The number of aryl methyl sites for hydroxylation is 1. The minimum Gasteiger partial charge on any atom is -0.507 e. The molecule has 2 nitrogen and oxygen atoms in total. The van der Waals surface area contributed by atoms with E-state index in [-0.39, 0.29) is 5.75 Å². The smallest absolute Gasteiger partial charge is 0.124 e. The summed E-state index contributed by atoms with van der Waals surface area (Å²) in [6.07, 6.45) is 1.22. The number of phenolic OH excluding ortho intramolecular Hbond substituents is 1. The average molecular weight is 194 g/mol. The first kappa shape index (κ1) is 11.1. The molecule has 2 heteroatoms. The lowest BCUT2D eigenvalue weighted by atomic mass is 9.87. The van der Waals surface area contributed by atoms with Gasteiger partial charge in [-0.2, -0.15) is 0 Å². The van der Waals surface area contributed by atoms with Crippen molar-refractivity contribution in [2.75, 3.05) is 0 Å². The molecule has 0 unspecified atom stereocenters. The summed E-state index contributed by atoms with van der Waals surface area (Å²) in [5.41, 5.74) is 0.557. The van der Waals surface area contributed by atoms with Gasteiger partial charge in [0.2, 0.25) is 0 Å². The fourth-order valence-corrected chi connectivity index (χ4v) is 1.67. The van der Waals surface area contributed by atoms with Gasteiger partial charge in [0.25, 0.3) is 0 Å². The third kappa shape index (κ3) is 1.75. The zero-order valence-electron chi connectivity index (χ0n) is 9.04. The molecule has 0 spiro atoms. The van der Waals surface area contributed by atoms with Gasteiger partial charge >= 0.3 is 0 Å². The van der Waals surface area contributed by atoms with E-state index < -0.39 is 5.60 Å². The second-order valence-electron chi connectivity index (χ2n) is 3.71. The molecule has 0 saturated carbocycles. The molecule has 1 aromatic carbocycles. The third-order valence-electron chi connectivity index (χ3n) is 2.91. The van der Waals surface area contributed by atoms with Gasteiger partial charge in [0.15, 0.2) is 0 Å². The summed E-state index contributed by atoms with van der Waals surface area (Å²) < 4.78 is 0. The first-order valence-electron chi connectivity index (χ1n) is 5.06. The van der Waals surface area contributed by atoms with Crippen molar-refractivity contribution in [3.8, 4) is 5.75 Å². The Morgan fingerprint density at radius 2 is 1.79 bits per heavy atom. The van der Waals surface area contributed by atoms with Gasteiger partial charge in [-0.3, -0.25) is 0 Å². The molecular formula is C12H18O2. The quantitative estimate of drug-likeness (QED) is 0.776. The van der Waals surface area contributed by atoms with Crippen molar-refractivity contribution in [3.05, 3.63) is 29.3 Å². The Bertz CT molecular complexity index is 314. The number of aromatic hydroxyl groups is 1. The highest BCUT2D eigenvalue weighted by Gasteiger charge is 2.28. The van der Waals surface area contributed by atoms with Crippen molar-refractivity contribution < 1.29 is 10.2 Å². The second-order valence-corrected chi connectivity index (χ2v) is 3.71. The van der Waals surface area contributed by atoms with E-state index in [2.05, 4.69) is 0 Å². The number of aliphatic hydroxyl groups is 1. The van der Waals surface area contributed by atoms with Gasteiger partial charge in [0.1, 0.15) is 5.75 Å². The number of hydrogen-bond donors (Lipinski definition) is 2. The zero-order chi connectivity index (χ0) is 10.8. The first-order chi connectivity index (χ1) is 6.55. The molecule has 0 aromatic heterocycles. The topological polar surface area (TPSA) is 40.5 Å². The minimum atomic E-state index is -0.893. The standard InChI is InChI=1S/C12H18O2/c1-4-12(14,5-2)10-8-6-7-9(3)11(10)13/h6-8,13-14H,4-5H2,1-3H3. The van der Waals surface area contributed by atoms with Gasteiger partial charge in [-0.25, -0.2) is 0 Å². The number of hydrogen-bond acceptors (Lipinski definition) is 2. The molecule has 0 heterocycles. The van der Waals surface area contributed by atoms with Crippen LogP contribution in [0.3, 0.4) is 0 Å². The molecule has 0 bridgehead atoms. The van der Waals surface area contributed by atoms with Gasteiger partial charge < -0.3 is 10.2 Å². The van der Waals surface area contributed by atoms with Crippen LogP contribution < -0.4 is 0 Å². The van der Waals surface area contributed by atoms with Gasteiger partial charge in [0, 0.05) is 5.56 Å². The number of para-hydroxylation sites is 1. The predicted molar refractivity (Wildman–Crippen MR) is 57.3 cm³/mol. The van der Waals surface area contributed by atoms with Crippen molar-refractivity contribution in [3.63, 3.8) is 0 Å². The van der Waals surface area contributed by atoms with E-state index in [0.717, 1.165) is 5.56 Å². The van der Waals surface area contributed by atoms with E-state index in [1.165, 1.54) is 0 Å². The summed E-state index contributed by atoms with van der Waals surface area (Å²) >= 11 is 0. The van der Waals surface area contributed by atoms with Crippen molar-refractivity contribution in [1.29, 1.82) is 0 Å². The Balaban J connectivity index is 3.24. The predicted octanol–water partition coefficient (Wildman–Crippen LogP) is 2.71. The van der Waals surface area contributed by atoms with E-state index in [0.29, 0.717) is 18.4 Å². The molecule has 14 heavy (non-hydrogen) atoms. The third-order valence-corrected chi connectivity index (χ3v) is 2.91. The van der Waals surface area contributed by atoms with Crippen molar-refractivity contribution >= 4 is 0 Å². The van der Waals surface area contributed by atoms with Gasteiger partial charge in [-0.15, -0.1) is 0 Å². The molecule has 78 valence electrons. The van der Waals surface area contributed by atoms with Gasteiger partial charge in [0.05, 0.1) is 5.60 Å². The van der Waals surface area contributed by atoms with Gasteiger partial charge in [-0.05, 0) is 25.3 Å². The molecule has 2 N–H and O–H groups in total. The number of phenols is 1. The lowest BCUT2D eigenvalue weighted by molar-refractivity contribution is 0.0260. The maximum absolute atomic E-state index is 10.2. The maximum atomic E-state index is 10.2. The summed E-state index contributed by atoms with van der Waals surface area (Å²) in [4.78, 5) is 0. The Labute approximate surface area is 85.2 Å². The average Bonchev–Trinajstić information content (AvgIpc) is 2.21. The molecule has 0 atom stereocenters. The molecule has 0 aliphatic carbocycles. The highest BCUT2D eigenvalue weighted by molar-refractivity contribution is 5.42. The molecule has 0 aliphatic rings. The van der Waals surface area contributed by atoms with Crippen molar-refractivity contribution in [2.24, 2.45) is 0 Å². The Kier molecular flexibility index (Phi) is 3.17. The summed E-state index contributed by atoms with van der Waals surface area (Å²) in [5.74, 6) is 0.221. The Hall–Kier alpha value is -1.02. The summed E-state index contributed by atoms with van der Waals surface area (Å²) in [6, 6.07) is 5.49. The minimum absolute atomic E-state index is 0.221. The zero-order valence-corrected chi connectivity index (χ0v) is 9.04. The molecule has 1 rings (SSSR count). The van der Waals surface area contributed by atoms with Crippen LogP contribution in [0.5, 0.6) is 5.75 Å². The van der Waals surface area contributed by atoms with Crippen molar-refractivity contribution in [1.82, 2.24) is 0 Å². The van der Waals surface area contributed by atoms with E-state index in [1.54, 1.807) is 6.07 Å². The van der Waals surface area contributed by atoms with E-state index >= 15 is 0 Å². The maximum Gasteiger partial charge on any atom is 0.124 e. The van der Waals surface area contributed by atoms with Crippen LogP contribution in [0.15, 0.2) is 18.2 Å². The molecule has 1 aromatic rings. The Morgan fingerprint density at radius 1 is 1.21 bits per heavy atom. The monoisotopic (exact) mass is 194 g/mol. The Morgan fingerprint density at radius 3 is 2.29 bits per heavy atom. The molecule has 0 amide bonds. The van der Waals surface area contributed by atoms with Crippen LogP contribution in [0, 0.1) is 6.92 Å². The summed E-state index contributed by atoms with van der Waals surface area (Å²) in [5, 5.41) is 20.1. The molecular weight excluding hydrogens is 176 g/mol. The van der Waals surface area contributed by atoms with E-state index in [4.69, 9.17) is 0 Å². The molecule has 0 radical (unpaired) electrons. The number of rotatable bonds is 3. The van der Waals surface area contributed by atoms with Crippen LogP contribution in [0.1, 0.15) is 37.8 Å². The van der Waals surface area contributed by atoms with Crippen LogP contribution in [-0.4, -0.2) is 10.2 Å². The van der Waals surface area contributed by atoms with Crippen LogP contribution in [-0.2, 0) is 5.60 Å². The van der Waals surface area contributed by atoms with Crippen LogP contribution in [0.2, 0.25) is 0 Å². The lowest BCUT2D eigenvalue weighted by Gasteiger charge is -2.27. The largest absolute Gasteiger partial charge is 0.507 e. The van der Waals surface area contributed by atoms with Crippen LogP contribution in [0.4, 0.5) is 0 Å². The normalized spacial score (nSPS) is 11.7. The van der Waals surface area contributed by atoms with E-state index in [1.807, 2.05) is 32.9 Å². The van der Waals surface area contributed by atoms with E-state index in [9.17, 15) is 10.2 Å². The lowest BCUT2D eigenvalue weighted by Crippen LogP contribution is -2.23. The highest BCUT2D eigenvalue weighted by Crippen LogP contribution is 2.36. The van der Waals surface area contributed by atoms with Crippen LogP contribution in [0.25, 0.3) is 0 Å². The number of benzene rings is 1. The van der Waals surface area contributed by atoms with Crippen LogP contribution >= 0.6 is 0 Å². The SMILES string of the molecule is CCC(O)(CC)c1cccc(C)c1O. The molecule has 0 saturated heterocycles. The van der Waals surface area contributed by atoms with Gasteiger partial charge in [-0.1, -0.05) is 32.0 Å². The molecule has 0 fully saturated rings. The first-order valence-corrected chi connectivity index (χ1v) is 5.06. The highest BCUT2D eigenvalue weighted by atomic mass is 16.3.